The molecule has 0 amide bonds. The van der Waals surface area contributed by atoms with Gasteiger partial charge in [0.15, 0.2) is 8.32 Å². The van der Waals surface area contributed by atoms with E-state index in [1.54, 1.807) is 6.33 Å². The van der Waals surface area contributed by atoms with Crippen molar-refractivity contribution in [1.82, 2.24) is 14.9 Å². The summed E-state index contributed by atoms with van der Waals surface area (Å²) in [5.41, 5.74) is 5.51. The summed E-state index contributed by atoms with van der Waals surface area (Å²) >= 11 is 0. The highest BCUT2D eigenvalue weighted by Gasteiger charge is 2.47. The first-order chi connectivity index (χ1) is 22.2. The lowest BCUT2D eigenvalue weighted by atomic mass is 10.1. The van der Waals surface area contributed by atoms with Gasteiger partial charge in [-0.25, -0.2) is 9.97 Å². The molecular formula is C39H53N5OSi. The van der Waals surface area contributed by atoms with Gasteiger partial charge in [0.05, 0.1) is 18.8 Å². The molecule has 1 fully saturated rings. The van der Waals surface area contributed by atoms with E-state index in [-0.39, 0.29) is 12.2 Å². The second kappa shape index (κ2) is 15.4. The summed E-state index contributed by atoms with van der Waals surface area (Å²) in [4.78, 5) is 17.0. The van der Waals surface area contributed by atoms with E-state index in [4.69, 9.17) is 14.4 Å². The van der Waals surface area contributed by atoms with Crippen LogP contribution in [-0.2, 0) is 23.9 Å². The van der Waals surface area contributed by atoms with E-state index >= 15 is 0 Å². The highest BCUT2D eigenvalue weighted by Crippen LogP contribution is 2.43. The summed E-state index contributed by atoms with van der Waals surface area (Å²) in [5.74, 6) is 1.89. The molecule has 244 valence electrons. The Labute approximate surface area is 278 Å². The summed E-state index contributed by atoms with van der Waals surface area (Å²) in [6.45, 7) is 17.5. The van der Waals surface area contributed by atoms with Crippen molar-refractivity contribution >= 4 is 20.0 Å². The van der Waals surface area contributed by atoms with Crippen LogP contribution in [-0.4, -0.2) is 55.6 Å². The number of hydrogen-bond donors (Lipinski definition) is 0. The normalized spacial score (nSPS) is 17.4. The Kier molecular flexibility index (Phi) is 11.3. The predicted molar refractivity (Wildman–Crippen MR) is 195 cm³/mol. The maximum absolute atomic E-state index is 7.31. The van der Waals surface area contributed by atoms with Gasteiger partial charge in [-0.2, -0.15) is 0 Å². The molecule has 0 spiro atoms. The van der Waals surface area contributed by atoms with Crippen LogP contribution in [0.15, 0.2) is 103 Å². The third-order valence-electron chi connectivity index (χ3n) is 9.91. The predicted octanol–water partition coefficient (Wildman–Crippen LogP) is 8.56. The zero-order valence-corrected chi connectivity index (χ0v) is 29.9. The van der Waals surface area contributed by atoms with Gasteiger partial charge in [0, 0.05) is 39.2 Å². The number of benzene rings is 3. The molecule has 1 aliphatic heterocycles. The molecule has 0 unspecified atom stereocenters. The van der Waals surface area contributed by atoms with Gasteiger partial charge in [0.2, 0.25) is 0 Å². The van der Waals surface area contributed by atoms with Crippen molar-refractivity contribution in [2.75, 3.05) is 30.0 Å². The van der Waals surface area contributed by atoms with Gasteiger partial charge < -0.3 is 14.2 Å². The van der Waals surface area contributed by atoms with Crippen molar-refractivity contribution in [2.45, 2.75) is 89.9 Å². The number of hydrogen-bond acceptors (Lipinski definition) is 6. The summed E-state index contributed by atoms with van der Waals surface area (Å²) in [5, 5.41) is 0. The lowest BCUT2D eigenvalue weighted by molar-refractivity contribution is 0.127. The molecule has 1 aromatic heterocycles. The first kappa shape index (κ1) is 33.8. The molecule has 2 atom stereocenters. The Morgan fingerprint density at radius 2 is 1.30 bits per heavy atom. The van der Waals surface area contributed by atoms with Crippen LogP contribution in [0.2, 0.25) is 16.6 Å². The van der Waals surface area contributed by atoms with Gasteiger partial charge in [0.25, 0.3) is 0 Å². The smallest absolute Gasteiger partial charge is 0.200 e. The van der Waals surface area contributed by atoms with E-state index in [0.717, 1.165) is 44.3 Å². The van der Waals surface area contributed by atoms with Gasteiger partial charge in [-0.15, -0.1) is 0 Å². The molecule has 0 radical (unpaired) electrons. The van der Waals surface area contributed by atoms with Crippen molar-refractivity contribution in [3.63, 3.8) is 0 Å². The molecular weight excluding hydrogens is 583 g/mol. The molecule has 3 aromatic carbocycles. The quantitative estimate of drug-likeness (QED) is 0.129. The van der Waals surface area contributed by atoms with Gasteiger partial charge in [-0.1, -0.05) is 133 Å². The Bertz CT molecular complexity index is 1460. The fourth-order valence-electron chi connectivity index (χ4n) is 7.73. The molecule has 0 bridgehead atoms. The third-order valence-corrected chi connectivity index (χ3v) is 16.0. The molecule has 0 saturated carbocycles. The maximum atomic E-state index is 7.31. The van der Waals surface area contributed by atoms with Gasteiger partial charge in [-0.05, 0) is 33.3 Å². The lowest BCUT2D eigenvalue weighted by Gasteiger charge is -2.43. The fraction of sp³-hybridized carbons (Fsp3) is 0.436. The number of anilines is 2. The average molecular weight is 636 g/mol. The van der Waals surface area contributed by atoms with Crippen molar-refractivity contribution in [1.29, 1.82) is 0 Å². The van der Waals surface area contributed by atoms with Gasteiger partial charge >= 0.3 is 0 Å². The topological polar surface area (TPSA) is 44.7 Å². The molecule has 1 saturated heterocycles. The maximum Gasteiger partial charge on any atom is 0.200 e. The number of rotatable bonds is 14. The summed E-state index contributed by atoms with van der Waals surface area (Å²) in [6, 6.07) is 34.7. The Hall–Kier alpha value is -3.52. The first-order valence-corrected chi connectivity index (χ1v) is 19.1. The van der Waals surface area contributed by atoms with E-state index < -0.39 is 8.32 Å². The van der Waals surface area contributed by atoms with Gasteiger partial charge in [-0.3, -0.25) is 4.90 Å². The van der Waals surface area contributed by atoms with Crippen LogP contribution in [0.25, 0.3) is 0 Å². The van der Waals surface area contributed by atoms with Gasteiger partial charge in [0.1, 0.15) is 18.0 Å². The van der Waals surface area contributed by atoms with Crippen LogP contribution in [0.1, 0.15) is 58.2 Å². The van der Waals surface area contributed by atoms with Crippen LogP contribution in [0.3, 0.4) is 0 Å². The molecule has 2 heterocycles. The van der Waals surface area contributed by atoms with E-state index in [0.29, 0.717) is 16.6 Å². The summed E-state index contributed by atoms with van der Waals surface area (Å²) in [7, 11) is 0.0553. The molecule has 46 heavy (non-hydrogen) atoms. The van der Waals surface area contributed by atoms with E-state index in [2.05, 4.69) is 160 Å². The Morgan fingerprint density at radius 3 is 1.87 bits per heavy atom. The minimum atomic E-state index is -2.05. The van der Waals surface area contributed by atoms with E-state index in [1.165, 1.54) is 16.7 Å². The highest BCUT2D eigenvalue weighted by atomic mass is 28.4. The van der Waals surface area contributed by atoms with Crippen molar-refractivity contribution < 1.29 is 4.43 Å². The van der Waals surface area contributed by atoms with E-state index in [1.807, 2.05) is 0 Å². The highest BCUT2D eigenvalue weighted by molar-refractivity contribution is 6.77. The van der Waals surface area contributed by atoms with Crippen LogP contribution >= 0.6 is 0 Å². The minimum Gasteiger partial charge on any atom is -0.414 e. The standard InChI is InChI=1S/C39H53N5OSi/c1-30(2)46(31(3)4,32(5)6)45-28-36-27-44(38-24-37(40-29-41-38)42(7)25-34-19-13-9-14-20-34)39(23-33-17-11-8-12-18-33)43(36)26-35-21-15-10-16-22-35/h8-22,24,29-32,36,39H,23,25-28H2,1-7H3/t36-,39+/m0/s1. The molecule has 4 aromatic rings. The van der Waals surface area contributed by atoms with Crippen molar-refractivity contribution in [3.05, 3.63) is 120 Å². The van der Waals surface area contributed by atoms with Crippen LogP contribution in [0.4, 0.5) is 11.6 Å². The van der Waals surface area contributed by atoms with E-state index in [9.17, 15) is 0 Å². The SMILES string of the molecule is CC(C)[Si](OC[C@@H]1CN(c2cc(N(C)Cc3ccccc3)ncn2)[C@H](Cc2ccccc2)N1Cc1ccccc1)(C(C)C)C(C)C. The summed E-state index contributed by atoms with van der Waals surface area (Å²) in [6.07, 6.45) is 2.74. The van der Waals surface area contributed by atoms with Crippen LogP contribution in [0, 0.1) is 0 Å². The zero-order valence-electron chi connectivity index (χ0n) is 28.9. The number of nitrogens with zero attached hydrogens (tertiary/aromatic N) is 5. The number of aromatic nitrogens is 2. The lowest BCUT2D eigenvalue weighted by Crippen LogP contribution is -2.51. The molecule has 0 N–H and O–H groups in total. The third kappa shape index (κ3) is 7.71. The second-order valence-electron chi connectivity index (χ2n) is 13.8. The molecule has 5 rings (SSSR count). The monoisotopic (exact) mass is 635 g/mol. The molecule has 7 heteroatoms. The van der Waals surface area contributed by atoms with Crippen LogP contribution < -0.4 is 9.80 Å². The molecule has 1 aliphatic rings. The minimum absolute atomic E-state index is 0.117. The Morgan fingerprint density at radius 1 is 0.761 bits per heavy atom. The van der Waals surface area contributed by atoms with Crippen LogP contribution in [0.5, 0.6) is 0 Å². The Balaban J connectivity index is 1.51. The van der Waals surface area contributed by atoms with Crippen molar-refractivity contribution in [2.24, 2.45) is 0 Å². The first-order valence-electron chi connectivity index (χ1n) is 17.0. The van der Waals surface area contributed by atoms with Crippen molar-refractivity contribution in [3.8, 4) is 0 Å². The zero-order chi connectivity index (χ0) is 32.7. The second-order valence-corrected chi connectivity index (χ2v) is 19.3. The fourth-order valence-corrected chi connectivity index (χ4v) is 13.2. The molecule has 0 aliphatic carbocycles. The summed E-state index contributed by atoms with van der Waals surface area (Å²) < 4.78 is 7.31. The largest absolute Gasteiger partial charge is 0.414 e. The average Bonchev–Trinajstić information content (AvgIpc) is 3.38. The molecule has 6 nitrogen and oxygen atoms in total.